The molecular formula is C20H22N4O4. The number of esters is 1. The summed E-state index contributed by atoms with van der Waals surface area (Å²) in [6.45, 7) is 1.10. The first-order valence-corrected chi connectivity index (χ1v) is 9.18. The second-order valence-corrected chi connectivity index (χ2v) is 6.40. The van der Waals surface area contributed by atoms with Crippen LogP contribution in [-0.4, -0.2) is 34.0 Å². The molecule has 0 fully saturated rings. The molecule has 28 heavy (non-hydrogen) atoms. The highest BCUT2D eigenvalue weighted by atomic mass is 16.6. The van der Waals surface area contributed by atoms with Crippen LogP contribution in [0.15, 0.2) is 48.8 Å². The number of aromatic nitrogens is 2. The van der Waals surface area contributed by atoms with E-state index in [9.17, 15) is 14.9 Å². The molecule has 0 aliphatic rings. The number of carbonyl (C=O) groups is 1. The number of rotatable bonds is 10. The van der Waals surface area contributed by atoms with Crippen LogP contribution in [0.1, 0.15) is 24.8 Å². The molecule has 2 N–H and O–H groups in total. The molecule has 0 saturated carbocycles. The molecule has 8 nitrogen and oxygen atoms in total. The zero-order chi connectivity index (χ0) is 19.8. The number of unbranched alkanes of at least 4 members (excludes halogenated alkanes) is 2. The van der Waals surface area contributed by atoms with Crippen molar-refractivity contribution in [3.63, 3.8) is 0 Å². The number of H-pyrrole nitrogens is 1. The standard InChI is InChI=1S/C20H22N4O4/c25-20(12-15-13-22-18-7-3-2-6-17(15)18)28-11-5-1-4-10-21-19-9-8-16(14-23-19)24(26)27/h2-3,6-9,13-14,22H,1,4-5,10-12H2,(H,21,23). The van der Waals surface area contributed by atoms with E-state index in [2.05, 4.69) is 15.3 Å². The third-order valence-corrected chi connectivity index (χ3v) is 4.36. The second-order valence-electron chi connectivity index (χ2n) is 6.40. The quantitative estimate of drug-likeness (QED) is 0.239. The number of hydrogen-bond donors (Lipinski definition) is 2. The van der Waals surface area contributed by atoms with Gasteiger partial charge in [0.25, 0.3) is 5.69 Å². The van der Waals surface area contributed by atoms with E-state index in [0.29, 0.717) is 19.0 Å². The monoisotopic (exact) mass is 382 g/mol. The van der Waals surface area contributed by atoms with E-state index >= 15 is 0 Å². The number of hydrogen-bond acceptors (Lipinski definition) is 6. The van der Waals surface area contributed by atoms with Crippen LogP contribution in [0.25, 0.3) is 10.9 Å². The van der Waals surface area contributed by atoms with E-state index in [0.717, 1.165) is 35.7 Å². The largest absolute Gasteiger partial charge is 0.465 e. The number of fused-ring (bicyclic) bond motifs is 1. The molecule has 146 valence electrons. The Bertz CT molecular complexity index is 937. The van der Waals surface area contributed by atoms with Crippen LogP contribution < -0.4 is 5.32 Å². The van der Waals surface area contributed by atoms with Gasteiger partial charge in [-0.05, 0) is 37.0 Å². The molecule has 2 aromatic heterocycles. The molecule has 0 radical (unpaired) electrons. The van der Waals surface area contributed by atoms with Crippen LogP contribution in [0.2, 0.25) is 0 Å². The van der Waals surface area contributed by atoms with Gasteiger partial charge < -0.3 is 15.0 Å². The molecule has 0 aliphatic carbocycles. The number of para-hydroxylation sites is 1. The van der Waals surface area contributed by atoms with Crippen molar-refractivity contribution in [2.24, 2.45) is 0 Å². The molecule has 1 aromatic carbocycles. The molecule has 0 spiro atoms. The topological polar surface area (TPSA) is 110 Å². The summed E-state index contributed by atoms with van der Waals surface area (Å²) in [5.74, 6) is 0.383. The first-order chi connectivity index (χ1) is 13.6. The highest BCUT2D eigenvalue weighted by Gasteiger charge is 2.09. The fourth-order valence-corrected chi connectivity index (χ4v) is 2.89. The molecule has 2 heterocycles. The van der Waals surface area contributed by atoms with Gasteiger partial charge >= 0.3 is 5.97 Å². The van der Waals surface area contributed by atoms with Crippen LogP contribution >= 0.6 is 0 Å². The Morgan fingerprint density at radius 1 is 1.18 bits per heavy atom. The molecular weight excluding hydrogens is 360 g/mol. The van der Waals surface area contributed by atoms with Gasteiger partial charge in [-0.15, -0.1) is 0 Å². The molecule has 0 bridgehead atoms. The lowest BCUT2D eigenvalue weighted by molar-refractivity contribution is -0.385. The lowest BCUT2D eigenvalue weighted by Crippen LogP contribution is -2.09. The zero-order valence-corrected chi connectivity index (χ0v) is 15.4. The van der Waals surface area contributed by atoms with E-state index in [-0.39, 0.29) is 18.1 Å². The Morgan fingerprint density at radius 2 is 2.04 bits per heavy atom. The van der Waals surface area contributed by atoms with E-state index in [1.165, 1.54) is 12.3 Å². The van der Waals surface area contributed by atoms with Crippen molar-refractivity contribution in [1.82, 2.24) is 9.97 Å². The van der Waals surface area contributed by atoms with Gasteiger partial charge in [-0.3, -0.25) is 14.9 Å². The van der Waals surface area contributed by atoms with Crippen LogP contribution in [-0.2, 0) is 16.0 Å². The summed E-state index contributed by atoms with van der Waals surface area (Å²) in [7, 11) is 0. The third-order valence-electron chi connectivity index (χ3n) is 4.36. The summed E-state index contributed by atoms with van der Waals surface area (Å²) in [6, 6.07) is 10.9. The predicted octanol–water partition coefficient (Wildman–Crippen LogP) is 3.84. The van der Waals surface area contributed by atoms with Gasteiger partial charge in [-0.2, -0.15) is 0 Å². The fraction of sp³-hybridized carbons (Fsp3) is 0.300. The minimum absolute atomic E-state index is 0.0278. The number of nitrogens with zero attached hydrogens (tertiary/aromatic N) is 2. The van der Waals surface area contributed by atoms with Gasteiger partial charge in [0, 0.05) is 29.7 Å². The van der Waals surface area contributed by atoms with Gasteiger partial charge in [0.05, 0.1) is 18.0 Å². The van der Waals surface area contributed by atoms with Crippen molar-refractivity contribution in [1.29, 1.82) is 0 Å². The SMILES string of the molecule is O=C(Cc1c[nH]c2ccccc12)OCCCCCNc1ccc([N+](=O)[O-])cn1. The minimum atomic E-state index is -0.476. The maximum Gasteiger partial charge on any atom is 0.310 e. The Labute approximate surface area is 162 Å². The normalized spacial score (nSPS) is 10.7. The average Bonchev–Trinajstić information content (AvgIpc) is 3.10. The predicted molar refractivity (Wildman–Crippen MR) is 106 cm³/mol. The summed E-state index contributed by atoms with van der Waals surface area (Å²) in [6.07, 6.45) is 5.92. The van der Waals surface area contributed by atoms with Crippen molar-refractivity contribution >= 4 is 28.4 Å². The maximum atomic E-state index is 12.0. The lowest BCUT2D eigenvalue weighted by Gasteiger charge is -2.06. The summed E-state index contributed by atoms with van der Waals surface area (Å²) >= 11 is 0. The van der Waals surface area contributed by atoms with Gasteiger partial charge in [-0.25, -0.2) is 4.98 Å². The molecule has 0 aliphatic heterocycles. The van der Waals surface area contributed by atoms with Gasteiger partial charge in [-0.1, -0.05) is 18.2 Å². The highest BCUT2D eigenvalue weighted by Crippen LogP contribution is 2.18. The number of ether oxygens (including phenoxy) is 1. The fourth-order valence-electron chi connectivity index (χ4n) is 2.89. The first kappa shape index (κ1) is 19.3. The number of pyridine rings is 1. The number of benzene rings is 1. The molecule has 3 aromatic rings. The van der Waals surface area contributed by atoms with Gasteiger partial charge in [0.1, 0.15) is 12.0 Å². The number of nitrogens with one attached hydrogen (secondary N) is 2. The van der Waals surface area contributed by atoms with E-state index in [4.69, 9.17) is 4.74 Å². The third kappa shape index (κ3) is 5.29. The Kier molecular flexibility index (Phi) is 6.56. The smallest absolute Gasteiger partial charge is 0.310 e. The Balaban J connectivity index is 1.28. The Hall–Kier alpha value is -3.42. The summed E-state index contributed by atoms with van der Waals surface area (Å²) in [5.41, 5.74) is 1.93. The molecule has 0 saturated heterocycles. The molecule has 3 rings (SSSR count). The number of carbonyl (C=O) groups excluding carboxylic acids is 1. The second kappa shape index (κ2) is 9.50. The van der Waals surface area contributed by atoms with Crippen LogP contribution in [0.4, 0.5) is 11.5 Å². The van der Waals surface area contributed by atoms with E-state index in [1.54, 1.807) is 6.07 Å². The molecule has 0 atom stereocenters. The summed E-state index contributed by atoms with van der Waals surface area (Å²) < 4.78 is 5.32. The van der Waals surface area contributed by atoms with Gasteiger partial charge in [0.2, 0.25) is 0 Å². The zero-order valence-electron chi connectivity index (χ0n) is 15.4. The van der Waals surface area contributed by atoms with Crippen molar-refractivity contribution < 1.29 is 14.5 Å². The number of nitro groups is 1. The van der Waals surface area contributed by atoms with Gasteiger partial charge in [0.15, 0.2) is 0 Å². The van der Waals surface area contributed by atoms with Crippen molar-refractivity contribution in [2.45, 2.75) is 25.7 Å². The van der Waals surface area contributed by atoms with Crippen molar-refractivity contribution in [3.05, 3.63) is 64.5 Å². The van der Waals surface area contributed by atoms with Crippen LogP contribution in [0.3, 0.4) is 0 Å². The highest BCUT2D eigenvalue weighted by molar-refractivity contribution is 5.87. The van der Waals surface area contributed by atoms with E-state index in [1.807, 2.05) is 30.5 Å². The number of anilines is 1. The van der Waals surface area contributed by atoms with Crippen molar-refractivity contribution in [3.8, 4) is 0 Å². The van der Waals surface area contributed by atoms with E-state index < -0.39 is 4.92 Å². The van der Waals surface area contributed by atoms with Crippen LogP contribution in [0, 0.1) is 10.1 Å². The lowest BCUT2D eigenvalue weighted by atomic mass is 10.1. The minimum Gasteiger partial charge on any atom is -0.465 e. The maximum absolute atomic E-state index is 12.0. The number of aromatic amines is 1. The summed E-state index contributed by atoms with van der Waals surface area (Å²) in [5, 5.41) is 14.7. The summed E-state index contributed by atoms with van der Waals surface area (Å²) in [4.78, 5) is 29.2. The van der Waals surface area contributed by atoms with Crippen LogP contribution in [0.5, 0.6) is 0 Å². The Morgan fingerprint density at radius 3 is 2.82 bits per heavy atom. The molecule has 0 unspecified atom stereocenters. The molecule has 8 heteroatoms. The van der Waals surface area contributed by atoms with Crippen molar-refractivity contribution in [2.75, 3.05) is 18.5 Å². The average molecular weight is 382 g/mol. The molecule has 0 amide bonds. The first-order valence-electron chi connectivity index (χ1n) is 9.18.